The van der Waals surface area contributed by atoms with Gasteiger partial charge < -0.3 is 5.32 Å². The molecule has 5 heteroatoms. The van der Waals surface area contributed by atoms with E-state index in [2.05, 4.69) is 10.3 Å². The minimum Gasteiger partial charge on any atom is -0.379 e. The first-order chi connectivity index (χ1) is 12.1. The number of aryl methyl sites for hydroxylation is 2. The maximum Gasteiger partial charge on any atom is 0.211 e. The van der Waals surface area contributed by atoms with Crippen molar-refractivity contribution in [3.63, 3.8) is 0 Å². The Bertz CT molecular complexity index is 817. The Labute approximate surface area is 146 Å². The van der Waals surface area contributed by atoms with Crippen LogP contribution in [0.25, 0.3) is 0 Å². The summed E-state index contributed by atoms with van der Waals surface area (Å²) in [5.74, 6) is -0.514. The molecule has 0 aromatic carbocycles. The van der Waals surface area contributed by atoms with Gasteiger partial charge in [0.15, 0.2) is 11.6 Å². The zero-order valence-corrected chi connectivity index (χ0v) is 14.5. The standard InChI is InChI=1S/C20H22N2O3/c1-11-17-19(18-13(21-11)8-5-9-15(18)23)16(24)10-14(20(17)25)22-12-6-3-2-4-7-12/h10,12,22H,2-9H2,1H3. The Morgan fingerprint density at radius 2 is 1.72 bits per heavy atom. The van der Waals surface area contributed by atoms with E-state index in [1.54, 1.807) is 6.92 Å². The summed E-state index contributed by atoms with van der Waals surface area (Å²) in [6.07, 6.45) is 8.81. The highest BCUT2D eigenvalue weighted by Crippen LogP contribution is 2.32. The van der Waals surface area contributed by atoms with Crippen LogP contribution >= 0.6 is 0 Å². The van der Waals surface area contributed by atoms with Crippen LogP contribution in [0.5, 0.6) is 0 Å². The van der Waals surface area contributed by atoms with E-state index in [0.717, 1.165) is 32.1 Å². The van der Waals surface area contributed by atoms with Crippen LogP contribution in [0.3, 0.4) is 0 Å². The lowest BCUT2D eigenvalue weighted by Crippen LogP contribution is -2.37. The quantitative estimate of drug-likeness (QED) is 0.897. The van der Waals surface area contributed by atoms with E-state index in [9.17, 15) is 14.4 Å². The third kappa shape index (κ3) is 2.71. The van der Waals surface area contributed by atoms with Crippen LogP contribution in [0.4, 0.5) is 0 Å². The van der Waals surface area contributed by atoms with Gasteiger partial charge in [-0.25, -0.2) is 0 Å². The average Bonchev–Trinajstić information content (AvgIpc) is 2.59. The molecule has 1 aromatic rings. The summed E-state index contributed by atoms with van der Waals surface area (Å²) in [5, 5.41) is 3.28. The van der Waals surface area contributed by atoms with Gasteiger partial charge in [-0.3, -0.25) is 19.4 Å². The van der Waals surface area contributed by atoms with Crippen molar-refractivity contribution < 1.29 is 14.4 Å². The molecule has 0 aliphatic heterocycles. The molecule has 1 fully saturated rings. The van der Waals surface area contributed by atoms with Crippen molar-refractivity contribution in [2.24, 2.45) is 0 Å². The van der Waals surface area contributed by atoms with E-state index >= 15 is 0 Å². The van der Waals surface area contributed by atoms with Gasteiger partial charge in [0.05, 0.1) is 22.5 Å². The van der Waals surface area contributed by atoms with E-state index in [4.69, 9.17) is 0 Å². The molecule has 0 saturated heterocycles. The Balaban J connectivity index is 1.75. The van der Waals surface area contributed by atoms with E-state index in [0.29, 0.717) is 41.1 Å². The van der Waals surface area contributed by atoms with Gasteiger partial charge in [0.25, 0.3) is 0 Å². The zero-order chi connectivity index (χ0) is 17.6. The first-order valence-electron chi connectivity index (χ1n) is 9.20. The molecule has 1 aromatic heterocycles. The summed E-state index contributed by atoms with van der Waals surface area (Å²) < 4.78 is 0. The summed E-state index contributed by atoms with van der Waals surface area (Å²) in [6, 6.07) is 0.242. The molecular weight excluding hydrogens is 316 g/mol. The molecule has 0 spiro atoms. The number of nitrogens with one attached hydrogen (secondary N) is 1. The number of Topliss-reactive ketones (excluding diaryl/α,β-unsaturated/α-hetero) is 2. The van der Waals surface area contributed by atoms with Crippen molar-refractivity contribution in [3.8, 4) is 0 Å². The first-order valence-corrected chi connectivity index (χ1v) is 9.20. The normalized spacial score (nSPS) is 20.8. The van der Waals surface area contributed by atoms with Gasteiger partial charge in [-0.2, -0.15) is 0 Å². The number of allylic oxidation sites excluding steroid dienone is 2. The third-order valence-corrected chi connectivity index (χ3v) is 5.51. The number of hydrogen-bond acceptors (Lipinski definition) is 5. The Hall–Kier alpha value is -2.30. The molecule has 1 saturated carbocycles. The average molecular weight is 338 g/mol. The summed E-state index contributed by atoms with van der Waals surface area (Å²) in [6.45, 7) is 1.76. The Morgan fingerprint density at radius 1 is 0.960 bits per heavy atom. The fourth-order valence-corrected chi connectivity index (χ4v) is 4.29. The fraction of sp³-hybridized carbons (Fsp3) is 0.500. The molecule has 1 N–H and O–H groups in total. The van der Waals surface area contributed by atoms with Crippen LogP contribution in [0.15, 0.2) is 11.8 Å². The number of fused-ring (bicyclic) bond motifs is 3. The molecule has 4 rings (SSSR count). The highest BCUT2D eigenvalue weighted by Gasteiger charge is 2.35. The highest BCUT2D eigenvalue weighted by atomic mass is 16.1. The maximum atomic E-state index is 13.0. The second-order valence-corrected chi connectivity index (χ2v) is 7.28. The number of rotatable bonds is 2. The molecule has 3 aliphatic carbocycles. The number of hydrogen-bond donors (Lipinski definition) is 1. The highest BCUT2D eigenvalue weighted by molar-refractivity contribution is 6.28. The molecule has 0 radical (unpaired) electrons. The van der Waals surface area contributed by atoms with Gasteiger partial charge in [0, 0.05) is 29.8 Å². The molecule has 0 atom stereocenters. The van der Waals surface area contributed by atoms with Crippen LogP contribution in [0, 0.1) is 6.92 Å². The molecular formula is C20H22N2O3. The summed E-state index contributed by atoms with van der Waals surface area (Å²) in [7, 11) is 0. The second kappa shape index (κ2) is 6.21. The minimum absolute atomic E-state index is 0.0664. The van der Waals surface area contributed by atoms with Crippen LogP contribution < -0.4 is 5.32 Å². The van der Waals surface area contributed by atoms with Crippen LogP contribution in [0.2, 0.25) is 0 Å². The molecule has 0 unspecified atom stereocenters. The number of pyridine rings is 1. The lowest BCUT2D eigenvalue weighted by Gasteiger charge is -2.28. The van der Waals surface area contributed by atoms with Crippen molar-refractivity contribution >= 4 is 17.3 Å². The lowest BCUT2D eigenvalue weighted by molar-refractivity contribution is 0.0948. The van der Waals surface area contributed by atoms with Gasteiger partial charge in [0.1, 0.15) is 0 Å². The second-order valence-electron chi connectivity index (χ2n) is 7.28. The van der Waals surface area contributed by atoms with Gasteiger partial charge in [-0.1, -0.05) is 19.3 Å². The van der Waals surface area contributed by atoms with Crippen molar-refractivity contribution in [1.29, 1.82) is 0 Å². The van der Waals surface area contributed by atoms with Crippen molar-refractivity contribution in [3.05, 3.63) is 39.9 Å². The van der Waals surface area contributed by atoms with E-state index in [1.165, 1.54) is 12.5 Å². The monoisotopic (exact) mass is 338 g/mol. The predicted octanol–water partition coefficient (Wildman–Crippen LogP) is 3.09. The first kappa shape index (κ1) is 16.2. The molecule has 0 amide bonds. The van der Waals surface area contributed by atoms with Crippen LogP contribution in [-0.4, -0.2) is 28.4 Å². The van der Waals surface area contributed by atoms with Gasteiger partial charge in [-0.05, 0) is 32.6 Å². The van der Waals surface area contributed by atoms with Gasteiger partial charge in [0.2, 0.25) is 5.78 Å². The van der Waals surface area contributed by atoms with Crippen LogP contribution in [-0.2, 0) is 6.42 Å². The van der Waals surface area contributed by atoms with Crippen molar-refractivity contribution in [2.45, 2.75) is 64.3 Å². The molecule has 130 valence electrons. The van der Waals surface area contributed by atoms with E-state index < -0.39 is 0 Å². The summed E-state index contributed by atoms with van der Waals surface area (Å²) in [5.41, 5.74) is 2.57. The number of carbonyl (C=O) groups is 3. The summed E-state index contributed by atoms with van der Waals surface area (Å²) in [4.78, 5) is 42.7. The largest absolute Gasteiger partial charge is 0.379 e. The van der Waals surface area contributed by atoms with E-state index in [-0.39, 0.29) is 29.0 Å². The predicted molar refractivity (Wildman–Crippen MR) is 93.0 cm³/mol. The summed E-state index contributed by atoms with van der Waals surface area (Å²) >= 11 is 0. The SMILES string of the molecule is Cc1nc2c(c3c1C(=O)C(NC1CCCCC1)=CC3=O)C(=O)CCC2. The molecule has 0 bridgehead atoms. The van der Waals surface area contributed by atoms with E-state index in [1.807, 2.05) is 0 Å². The van der Waals surface area contributed by atoms with Crippen molar-refractivity contribution in [1.82, 2.24) is 10.3 Å². The van der Waals surface area contributed by atoms with Gasteiger partial charge >= 0.3 is 0 Å². The molecule has 25 heavy (non-hydrogen) atoms. The molecule has 1 heterocycles. The molecule has 3 aliphatic rings. The number of ketones is 3. The fourth-order valence-electron chi connectivity index (χ4n) is 4.29. The lowest BCUT2D eigenvalue weighted by atomic mass is 9.82. The number of carbonyl (C=O) groups excluding carboxylic acids is 3. The van der Waals surface area contributed by atoms with Crippen LogP contribution in [0.1, 0.15) is 87.4 Å². The Kier molecular flexibility index (Phi) is 4.02. The Morgan fingerprint density at radius 3 is 2.48 bits per heavy atom. The smallest absolute Gasteiger partial charge is 0.211 e. The minimum atomic E-state index is -0.245. The topological polar surface area (TPSA) is 76.1 Å². The number of nitrogens with zero attached hydrogens (tertiary/aromatic N) is 1. The molecule has 5 nitrogen and oxygen atoms in total. The number of aromatic nitrogens is 1. The van der Waals surface area contributed by atoms with Crippen molar-refractivity contribution in [2.75, 3.05) is 0 Å². The van der Waals surface area contributed by atoms with Gasteiger partial charge in [-0.15, -0.1) is 0 Å². The maximum absolute atomic E-state index is 13.0. The zero-order valence-electron chi connectivity index (χ0n) is 14.5. The third-order valence-electron chi connectivity index (χ3n) is 5.51.